The molecule has 0 aliphatic heterocycles. The van der Waals surface area contributed by atoms with Crippen LogP contribution in [-0.2, 0) is 10.2 Å². The molecule has 1 heterocycles. The number of carbonyl (C=O) groups excluding carboxylic acids is 1. The molecule has 0 bridgehead atoms. The lowest BCUT2D eigenvalue weighted by Gasteiger charge is -2.34. The molecule has 3 N–H and O–H groups in total. The molecule has 3 rings (SSSR count). The van der Waals surface area contributed by atoms with Crippen molar-refractivity contribution in [3.63, 3.8) is 0 Å². The fourth-order valence-corrected chi connectivity index (χ4v) is 3.26. The summed E-state index contributed by atoms with van der Waals surface area (Å²) in [5, 5.41) is 1.02. The molecule has 2 aromatic rings. The summed E-state index contributed by atoms with van der Waals surface area (Å²) in [4.78, 5) is 12.4. The first-order valence-electron chi connectivity index (χ1n) is 6.76. The maximum atomic E-state index is 12.4. The predicted molar refractivity (Wildman–Crippen MR) is 73.3 cm³/mol. The average molecular weight is 258 g/mol. The average Bonchev–Trinajstić information content (AvgIpc) is 2.91. The molecule has 1 saturated carbocycles. The Morgan fingerprint density at radius 2 is 1.95 bits per heavy atom. The van der Waals surface area contributed by atoms with E-state index in [1.807, 2.05) is 24.3 Å². The van der Waals surface area contributed by atoms with Gasteiger partial charge in [-0.1, -0.05) is 37.5 Å². The summed E-state index contributed by atoms with van der Waals surface area (Å²) in [6, 6.07) is 7.84. The zero-order chi connectivity index (χ0) is 13.3. The molecule has 1 amide bonds. The molecule has 0 saturated heterocycles. The summed E-state index contributed by atoms with van der Waals surface area (Å²) in [6.45, 7) is 0. The molecule has 1 aliphatic carbocycles. The van der Waals surface area contributed by atoms with Crippen LogP contribution in [0.25, 0.3) is 11.0 Å². The Balaban J connectivity index is 2.16. The summed E-state index contributed by atoms with van der Waals surface area (Å²) >= 11 is 0. The van der Waals surface area contributed by atoms with E-state index >= 15 is 0 Å². The second-order valence-corrected chi connectivity index (χ2v) is 5.26. The molecule has 19 heavy (non-hydrogen) atoms. The van der Waals surface area contributed by atoms with Crippen molar-refractivity contribution in [2.24, 2.45) is 5.84 Å². The fraction of sp³-hybridized carbons (Fsp3) is 0.400. The molecule has 4 nitrogen and oxygen atoms in total. The Hall–Kier alpha value is -1.81. The standard InChI is InChI=1S/C15H18N2O2/c16-17-14(18)15(8-4-1-5-9-15)12-10-19-13-7-3-2-6-11(12)13/h2-3,6-7,10H,1,4-5,8-9,16H2,(H,17,18). The summed E-state index contributed by atoms with van der Waals surface area (Å²) in [5.41, 5.74) is 3.62. The van der Waals surface area contributed by atoms with E-state index in [1.165, 1.54) is 6.42 Å². The van der Waals surface area contributed by atoms with Gasteiger partial charge >= 0.3 is 0 Å². The molecule has 1 aromatic carbocycles. The Bertz CT molecular complexity index is 597. The van der Waals surface area contributed by atoms with Crippen molar-refractivity contribution in [2.75, 3.05) is 0 Å². The highest BCUT2D eigenvalue weighted by Crippen LogP contribution is 2.43. The minimum Gasteiger partial charge on any atom is -0.464 e. The molecular weight excluding hydrogens is 240 g/mol. The monoisotopic (exact) mass is 258 g/mol. The number of nitrogens with one attached hydrogen (secondary N) is 1. The number of hydrazine groups is 1. The second kappa shape index (κ2) is 4.70. The van der Waals surface area contributed by atoms with Crippen molar-refractivity contribution < 1.29 is 9.21 Å². The van der Waals surface area contributed by atoms with E-state index in [9.17, 15) is 4.79 Å². The number of nitrogens with two attached hydrogens (primary N) is 1. The number of hydrogen-bond donors (Lipinski definition) is 2. The first kappa shape index (κ1) is 12.2. The fourth-order valence-electron chi connectivity index (χ4n) is 3.26. The lowest BCUT2D eigenvalue weighted by Crippen LogP contribution is -2.48. The van der Waals surface area contributed by atoms with Crippen LogP contribution < -0.4 is 11.3 Å². The summed E-state index contributed by atoms with van der Waals surface area (Å²) in [7, 11) is 0. The number of amides is 1. The van der Waals surface area contributed by atoms with Gasteiger partial charge in [-0.15, -0.1) is 0 Å². The van der Waals surface area contributed by atoms with Crippen LogP contribution in [0.4, 0.5) is 0 Å². The van der Waals surface area contributed by atoms with Gasteiger partial charge < -0.3 is 4.42 Å². The van der Waals surface area contributed by atoms with Gasteiger partial charge in [0.1, 0.15) is 5.58 Å². The first-order valence-corrected chi connectivity index (χ1v) is 6.76. The van der Waals surface area contributed by atoms with Gasteiger partial charge in [-0.05, 0) is 18.9 Å². The molecule has 0 unspecified atom stereocenters. The van der Waals surface area contributed by atoms with Gasteiger partial charge in [0.05, 0.1) is 11.7 Å². The third kappa shape index (κ3) is 1.83. The predicted octanol–water partition coefficient (Wildman–Crippen LogP) is 2.62. The van der Waals surface area contributed by atoms with Crippen LogP contribution >= 0.6 is 0 Å². The van der Waals surface area contributed by atoms with E-state index in [0.717, 1.165) is 42.2 Å². The van der Waals surface area contributed by atoms with Gasteiger partial charge in [-0.3, -0.25) is 10.2 Å². The van der Waals surface area contributed by atoms with Crippen LogP contribution in [0.5, 0.6) is 0 Å². The lowest BCUT2D eigenvalue weighted by molar-refractivity contribution is -0.128. The van der Waals surface area contributed by atoms with E-state index in [0.29, 0.717) is 0 Å². The highest BCUT2D eigenvalue weighted by molar-refractivity contribution is 5.94. The smallest absolute Gasteiger partial charge is 0.244 e. The Morgan fingerprint density at radius 1 is 1.21 bits per heavy atom. The van der Waals surface area contributed by atoms with E-state index < -0.39 is 5.41 Å². The van der Waals surface area contributed by atoms with Crippen LogP contribution in [0, 0.1) is 0 Å². The minimum atomic E-state index is -0.528. The van der Waals surface area contributed by atoms with Gasteiger partial charge in [0.25, 0.3) is 0 Å². The molecule has 0 atom stereocenters. The van der Waals surface area contributed by atoms with Crippen molar-refractivity contribution in [2.45, 2.75) is 37.5 Å². The maximum absolute atomic E-state index is 12.4. The van der Waals surface area contributed by atoms with Crippen LogP contribution in [0.3, 0.4) is 0 Å². The number of hydrogen-bond acceptors (Lipinski definition) is 3. The van der Waals surface area contributed by atoms with E-state index in [-0.39, 0.29) is 5.91 Å². The van der Waals surface area contributed by atoms with Gasteiger partial charge in [0.15, 0.2) is 0 Å². The third-order valence-electron chi connectivity index (χ3n) is 4.27. The van der Waals surface area contributed by atoms with E-state index in [4.69, 9.17) is 10.3 Å². The normalized spacial score (nSPS) is 18.4. The van der Waals surface area contributed by atoms with Crippen molar-refractivity contribution in [3.05, 3.63) is 36.1 Å². The van der Waals surface area contributed by atoms with Crippen molar-refractivity contribution in [1.29, 1.82) is 0 Å². The lowest BCUT2D eigenvalue weighted by atomic mass is 9.69. The Morgan fingerprint density at radius 3 is 2.68 bits per heavy atom. The minimum absolute atomic E-state index is 0.0984. The van der Waals surface area contributed by atoms with E-state index in [2.05, 4.69) is 5.43 Å². The van der Waals surface area contributed by atoms with Crippen LogP contribution in [0.1, 0.15) is 37.7 Å². The molecule has 4 heteroatoms. The zero-order valence-electron chi connectivity index (χ0n) is 10.8. The zero-order valence-corrected chi connectivity index (χ0v) is 10.8. The van der Waals surface area contributed by atoms with Crippen LogP contribution in [0.15, 0.2) is 34.9 Å². The topological polar surface area (TPSA) is 68.3 Å². The van der Waals surface area contributed by atoms with Gasteiger partial charge in [0, 0.05) is 10.9 Å². The van der Waals surface area contributed by atoms with Gasteiger partial charge in [-0.2, -0.15) is 0 Å². The van der Waals surface area contributed by atoms with Crippen LogP contribution in [-0.4, -0.2) is 5.91 Å². The van der Waals surface area contributed by atoms with Crippen molar-refractivity contribution in [1.82, 2.24) is 5.43 Å². The molecule has 1 aliphatic rings. The summed E-state index contributed by atoms with van der Waals surface area (Å²) < 4.78 is 5.60. The molecule has 0 spiro atoms. The number of para-hydroxylation sites is 1. The highest BCUT2D eigenvalue weighted by atomic mass is 16.3. The largest absolute Gasteiger partial charge is 0.464 e. The SMILES string of the molecule is NNC(=O)C1(c2coc3ccccc23)CCCCC1. The molecule has 1 fully saturated rings. The quantitative estimate of drug-likeness (QED) is 0.494. The maximum Gasteiger partial charge on any atom is 0.244 e. The number of benzene rings is 1. The van der Waals surface area contributed by atoms with Gasteiger partial charge in [0.2, 0.25) is 5.91 Å². The van der Waals surface area contributed by atoms with E-state index in [1.54, 1.807) is 6.26 Å². The first-order chi connectivity index (χ1) is 9.28. The van der Waals surface area contributed by atoms with Crippen LogP contribution in [0.2, 0.25) is 0 Å². The number of carbonyl (C=O) groups is 1. The Labute approximate surface area is 111 Å². The Kier molecular flexibility index (Phi) is 3.03. The highest BCUT2D eigenvalue weighted by Gasteiger charge is 2.42. The second-order valence-electron chi connectivity index (χ2n) is 5.26. The molecule has 1 aromatic heterocycles. The molecular formula is C15H18N2O2. The van der Waals surface area contributed by atoms with Gasteiger partial charge in [-0.25, -0.2) is 5.84 Å². The molecule has 100 valence electrons. The summed E-state index contributed by atoms with van der Waals surface area (Å²) in [5.74, 6) is 5.31. The number of furan rings is 1. The number of rotatable bonds is 2. The third-order valence-corrected chi connectivity index (χ3v) is 4.27. The summed E-state index contributed by atoms with van der Waals surface area (Å²) in [6.07, 6.45) is 6.67. The van der Waals surface area contributed by atoms with Crippen molar-refractivity contribution >= 4 is 16.9 Å². The number of fused-ring (bicyclic) bond motifs is 1. The molecule has 0 radical (unpaired) electrons. The van der Waals surface area contributed by atoms with Crippen molar-refractivity contribution in [3.8, 4) is 0 Å².